The highest BCUT2D eigenvalue weighted by Crippen LogP contribution is 2.10. The van der Waals surface area contributed by atoms with Crippen LogP contribution in [0.25, 0.3) is 0 Å². The SMILES string of the molecule is Cc1noc(CN=C(N)NCC2CCCO2)n1. The van der Waals surface area contributed by atoms with Crippen LogP contribution in [-0.4, -0.2) is 35.4 Å². The van der Waals surface area contributed by atoms with E-state index in [-0.39, 0.29) is 6.10 Å². The van der Waals surface area contributed by atoms with E-state index in [0.29, 0.717) is 30.8 Å². The molecule has 1 fully saturated rings. The molecule has 1 aromatic rings. The van der Waals surface area contributed by atoms with Gasteiger partial charge in [-0.25, -0.2) is 4.99 Å². The Labute approximate surface area is 99.4 Å². The van der Waals surface area contributed by atoms with Gasteiger partial charge < -0.3 is 20.3 Å². The van der Waals surface area contributed by atoms with Gasteiger partial charge >= 0.3 is 0 Å². The van der Waals surface area contributed by atoms with Gasteiger partial charge in [0, 0.05) is 13.2 Å². The topological polar surface area (TPSA) is 98.6 Å². The van der Waals surface area contributed by atoms with Crippen molar-refractivity contribution < 1.29 is 9.26 Å². The number of nitrogens with two attached hydrogens (primary N) is 1. The minimum absolute atomic E-state index is 0.245. The molecule has 2 heterocycles. The van der Waals surface area contributed by atoms with Crippen LogP contribution >= 0.6 is 0 Å². The summed E-state index contributed by atoms with van der Waals surface area (Å²) in [6.07, 6.45) is 2.43. The highest BCUT2D eigenvalue weighted by atomic mass is 16.5. The molecule has 0 saturated carbocycles. The Balaban J connectivity index is 1.73. The Hall–Kier alpha value is -1.63. The smallest absolute Gasteiger partial charge is 0.248 e. The molecule has 3 N–H and O–H groups in total. The van der Waals surface area contributed by atoms with Gasteiger partial charge in [0.1, 0.15) is 6.54 Å². The Morgan fingerprint density at radius 1 is 1.65 bits per heavy atom. The molecule has 2 rings (SSSR count). The predicted molar refractivity (Wildman–Crippen MR) is 61.3 cm³/mol. The van der Waals surface area contributed by atoms with Gasteiger partial charge in [0.05, 0.1) is 6.10 Å². The van der Waals surface area contributed by atoms with Gasteiger partial charge in [-0.15, -0.1) is 0 Å². The molecule has 0 aliphatic carbocycles. The van der Waals surface area contributed by atoms with Crippen molar-refractivity contribution in [1.29, 1.82) is 0 Å². The number of rotatable bonds is 4. The standard InChI is InChI=1S/C10H17N5O2/c1-7-14-9(17-15-7)6-13-10(11)12-5-8-3-2-4-16-8/h8H,2-6H2,1H3,(H3,11,12,13). The largest absolute Gasteiger partial charge is 0.376 e. The van der Waals surface area contributed by atoms with Gasteiger partial charge in [-0.3, -0.25) is 0 Å². The quantitative estimate of drug-likeness (QED) is 0.565. The zero-order valence-corrected chi connectivity index (χ0v) is 9.85. The van der Waals surface area contributed by atoms with Crippen molar-refractivity contribution >= 4 is 5.96 Å². The Bertz CT molecular complexity index is 384. The number of hydrogen-bond donors (Lipinski definition) is 2. The number of hydrogen-bond acceptors (Lipinski definition) is 5. The van der Waals surface area contributed by atoms with Crippen molar-refractivity contribution in [2.45, 2.75) is 32.4 Å². The van der Waals surface area contributed by atoms with Crippen LogP contribution < -0.4 is 11.1 Å². The summed E-state index contributed by atoms with van der Waals surface area (Å²) < 4.78 is 10.4. The van der Waals surface area contributed by atoms with Crippen molar-refractivity contribution in [3.63, 3.8) is 0 Å². The normalized spacial score (nSPS) is 20.8. The van der Waals surface area contributed by atoms with E-state index in [1.54, 1.807) is 6.92 Å². The van der Waals surface area contributed by atoms with Crippen molar-refractivity contribution in [1.82, 2.24) is 15.5 Å². The van der Waals surface area contributed by atoms with Gasteiger partial charge in [0.15, 0.2) is 11.8 Å². The molecule has 1 unspecified atom stereocenters. The van der Waals surface area contributed by atoms with Crippen LogP contribution in [0.2, 0.25) is 0 Å². The number of nitrogens with zero attached hydrogens (tertiary/aromatic N) is 3. The predicted octanol–water partition coefficient (Wildman–Crippen LogP) is -0.0387. The molecule has 94 valence electrons. The highest BCUT2D eigenvalue weighted by Gasteiger charge is 2.14. The van der Waals surface area contributed by atoms with Crippen LogP contribution in [0.3, 0.4) is 0 Å². The number of guanidine groups is 1. The molecular formula is C10H17N5O2. The lowest BCUT2D eigenvalue weighted by Crippen LogP contribution is -2.37. The molecule has 0 aromatic carbocycles. The number of aliphatic imine (C=N–C) groups is 1. The molecule has 7 heteroatoms. The third-order valence-electron chi connectivity index (χ3n) is 2.49. The van der Waals surface area contributed by atoms with E-state index in [9.17, 15) is 0 Å². The molecule has 17 heavy (non-hydrogen) atoms. The zero-order valence-electron chi connectivity index (χ0n) is 9.85. The lowest BCUT2D eigenvalue weighted by atomic mass is 10.2. The number of aryl methyl sites for hydroxylation is 1. The maximum Gasteiger partial charge on any atom is 0.248 e. The summed E-state index contributed by atoms with van der Waals surface area (Å²) in [5, 5.41) is 6.68. The maximum absolute atomic E-state index is 5.70. The van der Waals surface area contributed by atoms with E-state index in [0.717, 1.165) is 19.4 Å². The van der Waals surface area contributed by atoms with E-state index < -0.39 is 0 Å². The molecule has 1 aromatic heterocycles. The van der Waals surface area contributed by atoms with Crippen molar-refractivity contribution in [3.8, 4) is 0 Å². The molecular weight excluding hydrogens is 222 g/mol. The lowest BCUT2D eigenvalue weighted by molar-refractivity contribution is 0.114. The first-order valence-corrected chi connectivity index (χ1v) is 5.68. The first-order chi connectivity index (χ1) is 8.24. The monoisotopic (exact) mass is 239 g/mol. The molecule has 0 amide bonds. The van der Waals surface area contributed by atoms with Gasteiger partial charge in [-0.1, -0.05) is 5.16 Å². The van der Waals surface area contributed by atoms with E-state index in [4.69, 9.17) is 15.0 Å². The van der Waals surface area contributed by atoms with Crippen LogP contribution in [-0.2, 0) is 11.3 Å². The average Bonchev–Trinajstić information content (AvgIpc) is 2.95. The van der Waals surface area contributed by atoms with Gasteiger partial charge in [0.2, 0.25) is 5.89 Å². The van der Waals surface area contributed by atoms with E-state index >= 15 is 0 Å². The minimum atomic E-state index is 0.245. The fourth-order valence-corrected chi connectivity index (χ4v) is 1.64. The van der Waals surface area contributed by atoms with Gasteiger partial charge in [0.25, 0.3) is 0 Å². The lowest BCUT2D eigenvalue weighted by Gasteiger charge is -2.10. The summed E-state index contributed by atoms with van der Waals surface area (Å²) in [5.41, 5.74) is 5.70. The summed E-state index contributed by atoms with van der Waals surface area (Å²) in [6, 6.07) is 0. The second-order valence-electron chi connectivity index (χ2n) is 3.95. The molecule has 0 radical (unpaired) electrons. The van der Waals surface area contributed by atoms with Gasteiger partial charge in [-0.05, 0) is 19.8 Å². The number of ether oxygens (including phenoxy) is 1. The molecule has 1 aliphatic heterocycles. The van der Waals surface area contributed by atoms with Crippen molar-refractivity contribution in [3.05, 3.63) is 11.7 Å². The first kappa shape index (κ1) is 11.8. The van der Waals surface area contributed by atoms with Crippen molar-refractivity contribution in [2.24, 2.45) is 10.7 Å². The summed E-state index contributed by atoms with van der Waals surface area (Å²) >= 11 is 0. The molecule has 1 saturated heterocycles. The second-order valence-corrected chi connectivity index (χ2v) is 3.95. The van der Waals surface area contributed by atoms with E-state index in [2.05, 4.69) is 20.4 Å². The first-order valence-electron chi connectivity index (χ1n) is 5.68. The number of nitrogens with one attached hydrogen (secondary N) is 1. The minimum Gasteiger partial charge on any atom is -0.376 e. The fraction of sp³-hybridized carbons (Fsp3) is 0.700. The summed E-state index contributed by atoms with van der Waals surface area (Å²) in [5.74, 6) is 1.43. The molecule has 7 nitrogen and oxygen atoms in total. The van der Waals surface area contributed by atoms with Crippen LogP contribution in [0.1, 0.15) is 24.6 Å². The second kappa shape index (κ2) is 5.62. The van der Waals surface area contributed by atoms with E-state index in [1.807, 2.05) is 0 Å². The Morgan fingerprint density at radius 2 is 2.53 bits per heavy atom. The van der Waals surface area contributed by atoms with Crippen LogP contribution in [0, 0.1) is 6.92 Å². The summed E-state index contributed by atoms with van der Waals surface area (Å²) in [6.45, 7) is 3.59. The number of aromatic nitrogens is 2. The Morgan fingerprint density at radius 3 is 3.18 bits per heavy atom. The average molecular weight is 239 g/mol. The molecule has 0 spiro atoms. The van der Waals surface area contributed by atoms with Crippen LogP contribution in [0.4, 0.5) is 0 Å². The molecule has 1 aliphatic rings. The highest BCUT2D eigenvalue weighted by molar-refractivity contribution is 5.77. The zero-order chi connectivity index (χ0) is 12.1. The Kier molecular flexibility index (Phi) is 3.92. The molecule has 1 atom stereocenters. The molecule has 0 bridgehead atoms. The maximum atomic E-state index is 5.70. The third-order valence-corrected chi connectivity index (χ3v) is 2.49. The fourth-order valence-electron chi connectivity index (χ4n) is 1.64. The van der Waals surface area contributed by atoms with E-state index in [1.165, 1.54) is 0 Å². The van der Waals surface area contributed by atoms with Crippen molar-refractivity contribution in [2.75, 3.05) is 13.2 Å². The van der Waals surface area contributed by atoms with Crippen LogP contribution in [0.15, 0.2) is 9.52 Å². The third kappa shape index (κ3) is 3.70. The van der Waals surface area contributed by atoms with Crippen LogP contribution in [0.5, 0.6) is 0 Å². The van der Waals surface area contributed by atoms with Gasteiger partial charge in [-0.2, -0.15) is 4.98 Å². The summed E-state index contributed by atoms with van der Waals surface area (Å²) in [4.78, 5) is 8.13. The summed E-state index contributed by atoms with van der Waals surface area (Å²) in [7, 11) is 0.